The van der Waals surface area contributed by atoms with E-state index in [-0.39, 0.29) is 24.9 Å². The van der Waals surface area contributed by atoms with Crippen LogP contribution in [0.5, 0.6) is 0 Å². The Morgan fingerprint density at radius 2 is 1.88 bits per heavy atom. The number of aliphatic hydroxyl groups is 2. The molecule has 7 heteroatoms. The maximum Gasteiger partial charge on any atom is 0.215 e. The molecule has 2 fully saturated rings. The van der Waals surface area contributed by atoms with Gasteiger partial charge in [-0.2, -0.15) is 4.31 Å². The van der Waals surface area contributed by atoms with Crippen LogP contribution >= 0.6 is 0 Å². The molecule has 0 aromatic carbocycles. The van der Waals surface area contributed by atoms with Gasteiger partial charge < -0.3 is 15.5 Å². The molecule has 2 saturated heterocycles. The number of aliphatic hydroxyl groups excluding tert-OH is 2. The van der Waals surface area contributed by atoms with E-state index in [0.717, 1.165) is 19.4 Å². The number of nitrogens with one attached hydrogen (secondary N) is 1. The second-order valence-electron chi connectivity index (χ2n) is 4.52. The minimum absolute atomic E-state index is 0.0101. The van der Waals surface area contributed by atoms with E-state index in [4.69, 9.17) is 0 Å². The molecule has 0 aliphatic carbocycles. The molecule has 0 spiro atoms. The van der Waals surface area contributed by atoms with E-state index in [2.05, 4.69) is 5.32 Å². The monoisotopic (exact) mass is 250 g/mol. The Morgan fingerprint density at radius 3 is 2.38 bits per heavy atom. The van der Waals surface area contributed by atoms with Crippen LogP contribution in [0.4, 0.5) is 0 Å². The highest BCUT2D eigenvalue weighted by Crippen LogP contribution is 2.17. The van der Waals surface area contributed by atoms with Crippen LogP contribution in [0.15, 0.2) is 0 Å². The van der Waals surface area contributed by atoms with Crippen molar-refractivity contribution in [3.05, 3.63) is 0 Å². The molecule has 94 valence electrons. The fourth-order valence-electron chi connectivity index (χ4n) is 2.22. The Hall–Kier alpha value is -0.210. The van der Waals surface area contributed by atoms with Gasteiger partial charge in [0.1, 0.15) is 0 Å². The normalized spacial score (nSPS) is 37.0. The number of rotatable bonds is 3. The summed E-state index contributed by atoms with van der Waals surface area (Å²) >= 11 is 0. The molecule has 6 nitrogen and oxygen atoms in total. The fraction of sp³-hybridized carbons (Fsp3) is 1.00. The largest absolute Gasteiger partial charge is 0.389 e. The van der Waals surface area contributed by atoms with E-state index in [9.17, 15) is 18.6 Å². The highest BCUT2D eigenvalue weighted by molar-refractivity contribution is 7.89. The van der Waals surface area contributed by atoms with Crippen LogP contribution in [-0.2, 0) is 10.0 Å². The van der Waals surface area contributed by atoms with Crippen LogP contribution in [0, 0.1) is 0 Å². The molecule has 2 heterocycles. The molecule has 2 rings (SSSR count). The number of sulfonamides is 1. The van der Waals surface area contributed by atoms with E-state index < -0.39 is 22.2 Å². The summed E-state index contributed by atoms with van der Waals surface area (Å²) in [6.45, 7) is 0.887. The number of β-amino-alcohol motifs (C(OH)–C–C–N with tert-alkyl or cyclic N) is 2. The average molecular weight is 250 g/mol. The molecule has 3 unspecified atom stereocenters. The zero-order valence-corrected chi connectivity index (χ0v) is 9.86. The molecule has 0 radical (unpaired) electrons. The molecule has 16 heavy (non-hydrogen) atoms. The van der Waals surface area contributed by atoms with Crippen molar-refractivity contribution in [2.45, 2.75) is 31.1 Å². The van der Waals surface area contributed by atoms with Crippen LogP contribution in [0.3, 0.4) is 0 Å². The summed E-state index contributed by atoms with van der Waals surface area (Å²) < 4.78 is 25.1. The summed E-state index contributed by atoms with van der Waals surface area (Å²) in [7, 11) is -3.36. The number of nitrogens with zero attached hydrogens (tertiary/aromatic N) is 1. The number of hydrogen-bond acceptors (Lipinski definition) is 5. The van der Waals surface area contributed by atoms with Gasteiger partial charge in [-0.1, -0.05) is 0 Å². The van der Waals surface area contributed by atoms with Gasteiger partial charge in [-0.05, 0) is 19.4 Å². The van der Waals surface area contributed by atoms with Crippen molar-refractivity contribution < 1.29 is 18.6 Å². The molecule has 0 amide bonds. The molecule has 3 atom stereocenters. The Balaban J connectivity index is 1.96. The van der Waals surface area contributed by atoms with Crippen LogP contribution in [0.2, 0.25) is 0 Å². The maximum atomic E-state index is 11.9. The van der Waals surface area contributed by atoms with E-state index in [1.165, 1.54) is 4.31 Å². The van der Waals surface area contributed by atoms with Crippen molar-refractivity contribution >= 4 is 10.0 Å². The lowest BCUT2D eigenvalue weighted by atomic mass is 10.3. The SMILES string of the molecule is O=S(=O)(CC1CCCN1)N1CC(O)C(O)C1. The predicted molar refractivity (Wildman–Crippen MR) is 58.4 cm³/mol. The second kappa shape index (κ2) is 4.58. The first-order chi connectivity index (χ1) is 7.49. The van der Waals surface area contributed by atoms with Gasteiger partial charge >= 0.3 is 0 Å². The Morgan fingerprint density at radius 1 is 1.25 bits per heavy atom. The zero-order chi connectivity index (χ0) is 11.8. The van der Waals surface area contributed by atoms with Crippen molar-refractivity contribution in [1.82, 2.24) is 9.62 Å². The molecule has 0 aromatic rings. The minimum Gasteiger partial charge on any atom is -0.389 e. The smallest absolute Gasteiger partial charge is 0.215 e. The van der Waals surface area contributed by atoms with Crippen molar-refractivity contribution in [1.29, 1.82) is 0 Å². The van der Waals surface area contributed by atoms with Crippen LogP contribution in [0.25, 0.3) is 0 Å². The van der Waals surface area contributed by atoms with Gasteiger partial charge in [0.2, 0.25) is 10.0 Å². The Labute approximate surface area is 95.3 Å². The van der Waals surface area contributed by atoms with E-state index in [0.29, 0.717) is 0 Å². The average Bonchev–Trinajstić information content (AvgIpc) is 2.78. The van der Waals surface area contributed by atoms with Gasteiger partial charge in [0.25, 0.3) is 0 Å². The molecule has 0 bridgehead atoms. The summed E-state index contributed by atoms with van der Waals surface area (Å²) in [6, 6.07) is 0.0138. The molecule has 2 aliphatic heterocycles. The van der Waals surface area contributed by atoms with E-state index >= 15 is 0 Å². The lowest BCUT2D eigenvalue weighted by Gasteiger charge is -2.18. The highest BCUT2D eigenvalue weighted by Gasteiger charge is 2.37. The quantitative estimate of drug-likeness (QED) is 0.545. The summed E-state index contributed by atoms with van der Waals surface area (Å²) in [5.74, 6) is 0.0619. The van der Waals surface area contributed by atoms with Crippen molar-refractivity contribution in [2.75, 3.05) is 25.4 Å². The van der Waals surface area contributed by atoms with Crippen LogP contribution in [-0.4, -0.2) is 66.6 Å². The number of hydrogen-bond donors (Lipinski definition) is 3. The Kier molecular flexibility index (Phi) is 3.50. The topological polar surface area (TPSA) is 89.9 Å². The zero-order valence-electron chi connectivity index (χ0n) is 9.04. The van der Waals surface area contributed by atoms with E-state index in [1.54, 1.807) is 0 Å². The van der Waals surface area contributed by atoms with Gasteiger partial charge in [0.15, 0.2) is 0 Å². The summed E-state index contributed by atoms with van der Waals surface area (Å²) in [5.41, 5.74) is 0. The summed E-state index contributed by atoms with van der Waals surface area (Å²) in [5, 5.41) is 21.8. The first-order valence-corrected chi connectivity index (χ1v) is 7.17. The molecular formula is C9H18N2O4S. The molecule has 0 saturated carbocycles. The first kappa shape index (κ1) is 12.3. The summed E-state index contributed by atoms with van der Waals surface area (Å²) in [4.78, 5) is 0. The first-order valence-electron chi connectivity index (χ1n) is 5.56. The second-order valence-corrected chi connectivity index (χ2v) is 6.54. The van der Waals surface area contributed by atoms with Gasteiger partial charge in [0.05, 0.1) is 18.0 Å². The van der Waals surface area contributed by atoms with Crippen molar-refractivity contribution in [3.8, 4) is 0 Å². The molecular weight excluding hydrogens is 232 g/mol. The highest BCUT2D eigenvalue weighted by atomic mass is 32.2. The third kappa shape index (κ3) is 2.54. The van der Waals surface area contributed by atoms with Crippen molar-refractivity contribution in [3.63, 3.8) is 0 Å². The van der Waals surface area contributed by atoms with Gasteiger partial charge in [0, 0.05) is 19.1 Å². The fourth-order valence-corrected chi connectivity index (χ4v) is 3.98. The lowest BCUT2D eigenvalue weighted by molar-refractivity contribution is 0.0572. The standard InChI is InChI=1S/C9H18N2O4S/c12-8-4-11(5-9(8)13)16(14,15)6-7-2-1-3-10-7/h7-10,12-13H,1-6H2. The van der Waals surface area contributed by atoms with Gasteiger partial charge in [-0.15, -0.1) is 0 Å². The van der Waals surface area contributed by atoms with Crippen LogP contribution in [0.1, 0.15) is 12.8 Å². The van der Waals surface area contributed by atoms with Crippen LogP contribution < -0.4 is 5.32 Å². The predicted octanol–water partition coefficient (Wildman–Crippen LogP) is -1.89. The van der Waals surface area contributed by atoms with Crippen molar-refractivity contribution in [2.24, 2.45) is 0 Å². The molecule has 2 aliphatic rings. The third-order valence-corrected chi connectivity index (χ3v) is 5.10. The molecule has 0 aromatic heterocycles. The van der Waals surface area contributed by atoms with E-state index in [1.807, 2.05) is 0 Å². The maximum absolute atomic E-state index is 11.9. The minimum atomic E-state index is -3.36. The third-order valence-electron chi connectivity index (χ3n) is 3.19. The Bertz CT molecular complexity index is 329. The van der Waals surface area contributed by atoms with Gasteiger partial charge in [-0.25, -0.2) is 8.42 Å². The summed E-state index contributed by atoms with van der Waals surface area (Å²) in [6.07, 6.45) is -0.0264. The lowest BCUT2D eigenvalue weighted by Crippen LogP contribution is -2.39. The molecule has 3 N–H and O–H groups in total. The van der Waals surface area contributed by atoms with Gasteiger partial charge in [-0.3, -0.25) is 0 Å².